The van der Waals surface area contributed by atoms with E-state index >= 15 is 0 Å². The summed E-state index contributed by atoms with van der Waals surface area (Å²) < 4.78 is 10.6. The number of anilines is 1. The molecule has 146 valence electrons. The molecule has 1 N–H and O–H groups in total. The predicted octanol–water partition coefficient (Wildman–Crippen LogP) is 2.64. The van der Waals surface area contributed by atoms with Gasteiger partial charge in [0.25, 0.3) is 0 Å². The second kappa shape index (κ2) is 8.07. The van der Waals surface area contributed by atoms with Crippen molar-refractivity contribution in [1.82, 2.24) is 19.9 Å². The van der Waals surface area contributed by atoms with Crippen LogP contribution in [-0.4, -0.2) is 58.5 Å². The van der Waals surface area contributed by atoms with Gasteiger partial charge in [-0.3, -0.25) is 0 Å². The van der Waals surface area contributed by atoms with E-state index in [0.29, 0.717) is 29.6 Å². The summed E-state index contributed by atoms with van der Waals surface area (Å²) in [5, 5.41) is 14.1. The highest BCUT2D eigenvalue weighted by Crippen LogP contribution is 2.36. The Morgan fingerprint density at radius 2 is 2.00 bits per heavy atom. The molecule has 0 aliphatic carbocycles. The van der Waals surface area contributed by atoms with Gasteiger partial charge in [-0.1, -0.05) is 0 Å². The average Bonchev–Trinajstić information content (AvgIpc) is 3.27. The van der Waals surface area contributed by atoms with Gasteiger partial charge in [0, 0.05) is 31.0 Å². The predicted molar refractivity (Wildman–Crippen MR) is 107 cm³/mol. The fraction of sp³-hybridized carbons (Fsp3) is 0.368. The van der Waals surface area contributed by atoms with Crippen LogP contribution < -0.4 is 14.4 Å². The Labute approximate surface area is 166 Å². The van der Waals surface area contributed by atoms with Gasteiger partial charge in [-0.15, -0.1) is 0 Å². The first-order valence-corrected chi connectivity index (χ1v) is 9.92. The van der Waals surface area contributed by atoms with Gasteiger partial charge in [-0.25, -0.2) is 15.0 Å². The van der Waals surface area contributed by atoms with E-state index in [-0.39, 0.29) is 12.1 Å². The summed E-state index contributed by atoms with van der Waals surface area (Å²) in [4.78, 5) is 19.9. The van der Waals surface area contributed by atoms with E-state index in [0.717, 1.165) is 30.5 Å². The van der Waals surface area contributed by atoms with E-state index < -0.39 is 0 Å². The number of ether oxygens (including phenoxy) is 2. The number of nitrogens with zero attached hydrogens (tertiary/aromatic N) is 5. The zero-order valence-corrected chi connectivity index (χ0v) is 16.5. The molecule has 1 fully saturated rings. The molecule has 28 heavy (non-hydrogen) atoms. The van der Waals surface area contributed by atoms with E-state index in [9.17, 15) is 5.11 Å². The fourth-order valence-electron chi connectivity index (χ4n) is 3.26. The van der Waals surface area contributed by atoms with Crippen LogP contribution in [0.1, 0.15) is 12.8 Å². The Kier molecular flexibility index (Phi) is 5.36. The Morgan fingerprint density at radius 3 is 2.71 bits per heavy atom. The SMILES string of the molecule is COc1ncc(-c2nc(N3CCC[C@H](O)C3)ncc2-c2ccsc2)c(OC)n1. The van der Waals surface area contributed by atoms with Crippen molar-refractivity contribution >= 4 is 17.3 Å². The first-order valence-electron chi connectivity index (χ1n) is 8.97. The Morgan fingerprint density at radius 1 is 1.14 bits per heavy atom. The zero-order valence-electron chi connectivity index (χ0n) is 15.7. The molecule has 3 aromatic rings. The maximum absolute atomic E-state index is 10.0. The molecule has 0 saturated carbocycles. The first kappa shape index (κ1) is 18.6. The fourth-order valence-corrected chi connectivity index (χ4v) is 3.92. The number of aliphatic hydroxyl groups excluding tert-OH is 1. The van der Waals surface area contributed by atoms with Crippen molar-refractivity contribution in [3.8, 4) is 34.3 Å². The molecule has 0 amide bonds. The van der Waals surface area contributed by atoms with Crippen molar-refractivity contribution in [3.05, 3.63) is 29.2 Å². The molecule has 1 atom stereocenters. The summed E-state index contributed by atoms with van der Waals surface area (Å²) >= 11 is 1.61. The summed E-state index contributed by atoms with van der Waals surface area (Å²) in [5.41, 5.74) is 3.23. The van der Waals surface area contributed by atoms with Gasteiger partial charge in [0.1, 0.15) is 0 Å². The van der Waals surface area contributed by atoms with Gasteiger partial charge in [-0.05, 0) is 35.2 Å². The summed E-state index contributed by atoms with van der Waals surface area (Å²) in [7, 11) is 3.06. The van der Waals surface area contributed by atoms with Crippen molar-refractivity contribution in [2.75, 3.05) is 32.2 Å². The molecule has 0 radical (unpaired) electrons. The van der Waals surface area contributed by atoms with Crippen molar-refractivity contribution in [2.24, 2.45) is 0 Å². The molecule has 1 aliphatic heterocycles. The largest absolute Gasteiger partial charge is 0.480 e. The highest BCUT2D eigenvalue weighted by atomic mass is 32.1. The van der Waals surface area contributed by atoms with Gasteiger partial charge < -0.3 is 19.5 Å². The molecule has 4 rings (SSSR count). The molecule has 1 aliphatic rings. The van der Waals surface area contributed by atoms with Crippen molar-refractivity contribution < 1.29 is 14.6 Å². The third-order valence-electron chi connectivity index (χ3n) is 4.65. The second-order valence-corrected chi connectivity index (χ2v) is 7.25. The maximum atomic E-state index is 10.0. The number of aromatic nitrogens is 4. The van der Waals surface area contributed by atoms with Gasteiger partial charge in [-0.2, -0.15) is 16.3 Å². The number of aliphatic hydroxyl groups is 1. The molecule has 9 heteroatoms. The highest BCUT2D eigenvalue weighted by Gasteiger charge is 2.23. The van der Waals surface area contributed by atoms with E-state index in [1.54, 1.807) is 24.6 Å². The van der Waals surface area contributed by atoms with Crippen LogP contribution in [0.5, 0.6) is 11.9 Å². The quantitative estimate of drug-likeness (QED) is 0.700. The topological polar surface area (TPSA) is 93.5 Å². The summed E-state index contributed by atoms with van der Waals surface area (Å²) in [6.07, 6.45) is 4.80. The van der Waals surface area contributed by atoms with Gasteiger partial charge in [0.05, 0.1) is 31.6 Å². The van der Waals surface area contributed by atoms with Crippen LogP contribution in [0.2, 0.25) is 0 Å². The number of hydrogen-bond acceptors (Lipinski definition) is 9. The number of piperidine rings is 1. The molecular weight excluding hydrogens is 378 g/mol. The number of β-amino-alcohol motifs (C(OH)–C–C–N with tert-alkyl or cyclic N) is 1. The van der Waals surface area contributed by atoms with E-state index in [2.05, 4.69) is 15.0 Å². The molecule has 3 aromatic heterocycles. The van der Waals surface area contributed by atoms with E-state index in [1.165, 1.54) is 7.11 Å². The molecule has 0 aromatic carbocycles. The lowest BCUT2D eigenvalue weighted by Crippen LogP contribution is -2.39. The minimum Gasteiger partial charge on any atom is -0.480 e. The molecule has 8 nitrogen and oxygen atoms in total. The van der Waals surface area contributed by atoms with Crippen LogP contribution in [0.3, 0.4) is 0 Å². The number of methoxy groups -OCH3 is 2. The highest BCUT2D eigenvalue weighted by molar-refractivity contribution is 7.08. The van der Waals surface area contributed by atoms with Crippen molar-refractivity contribution in [1.29, 1.82) is 0 Å². The molecule has 0 spiro atoms. The van der Waals surface area contributed by atoms with Crippen LogP contribution in [-0.2, 0) is 0 Å². The Bertz CT molecular complexity index is 951. The Hall–Kier alpha value is -2.78. The second-order valence-electron chi connectivity index (χ2n) is 6.47. The van der Waals surface area contributed by atoms with Crippen LogP contribution in [0.15, 0.2) is 29.2 Å². The molecular formula is C19H21N5O3S. The third kappa shape index (κ3) is 3.63. The minimum absolute atomic E-state index is 0.228. The normalized spacial score (nSPS) is 16.8. The van der Waals surface area contributed by atoms with E-state index in [1.807, 2.05) is 27.9 Å². The zero-order chi connectivity index (χ0) is 19.5. The lowest BCUT2D eigenvalue weighted by atomic mass is 10.0. The van der Waals surface area contributed by atoms with Gasteiger partial charge in [0.2, 0.25) is 11.8 Å². The van der Waals surface area contributed by atoms with E-state index in [4.69, 9.17) is 14.5 Å². The van der Waals surface area contributed by atoms with Crippen LogP contribution in [0, 0.1) is 0 Å². The smallest absolute Gasteiger partial charge is 0.319 e. The van der Waals surface area contributed by atoms with Crippen LogP contribution in [0.4, 0.5) is 5.95 Å². The average molecular weight is 399 g/mol. The summed E-state index contributed by atoms with van der Waals surface area (Å²) in [6.45, 7) is 1.33. The number of thiophene rings is 1. The Balaban J connectivity index is 1.84. The van der Waals surface area contributed by atoms with Crippen LogP contribution >= 0.6 is 11.3 Å². The van der Waals surface area contributed by atoms with Crippen LogP contribution in [0.25, 0.3) is 22.4 Å². The van der Waals surface area contributed by atoms with Gasteiger partial charge >= 0.3 is 6.01 Å². The maximum Gasteiger partial charge on any atom is 0.319 e. The van der Waals surface area contributed by atoms with Gasteiger partial charge in [0.15, 0.2) is 0 Å². The number of rotatable bonds is 5. The number of hydrogen-bond donors (Lipinski definition) is 1. The van der Waals surface area contributed by atoms with Crippen molar-refractivity contribution in [2.45, 2.75) is 18.9 Å². The monoisotopic (exact) mass is 399 g/mol. The summed E-state index contributed by atoms with van der Waals surface area (Å²) in [5.74, 6) is 0.956. The molecule has 0 bridgehead atoms. The molecule has 4 heterocycles. The standard InChI is InChI=1S/C19H21N5O3S/c1-26-17-15(9-21-19(23-17)27-2)16-14(12-5-7-28-11-12)8-20-18(22-16)24-6-3-4-13(25)10-24/h5,7-9,11,13,25H,3-4,6,10H2,1-2H3/t13-/m0/s1. The molecule has 1 saturated heterocycles. The third-order valence-corrected chi connectivity index (χ3v) is 5.33. The minimum atomic E-state index is -0.365. The lowest BCUT2D eigenvalue weighted by molar-refractivity contribution is 0.153. The first-order chi connectivity index (χ1) is 13.7. The van der Waals surface area contributed by atoms with Crippen molar-refractivity contribution in [3.63, 3.8) is 0 Å². The summed E-state index contributed by atoms with van der Waals surface area (Å²) in [6, 6.07) is 2.25. The molecule has 0 unspecified atom stereocenters. The lowest BCUT2D eigenvalue weighted by Gasteiger charge is -2.30.